The summed E-state index contributed by atoms with van der Waals surface area (Å²) in [4.78, 5) is 36.0. The van der Waals surface area contributed by atoms with Crippen LogP contribution in [0.1, 0.15) is 30.1 Å². The number of anilines is 2. The summed E-state index contributed by atoms with van der Waals surface area (Å²) in [5.41, 5.74) is 1.44. The molecule has 2 aromatic rings. The Hall–Kier alpha value is -2.80. The summed E-state index contributed by atoms with van der Waals surface area (Å²) in [6.07, 6.45) is 1.90. The van der Waals surface area contributed by atoms with E-state index in [-0.39, 0.29) is 28.5 Å². The first kappa shape index (κ1) is 19.0. The first-order chi connectivity index (χ1) is 12.9. The van der Waals surface area contributed by atoms with Crippen molar-refractivity contribution in [2.45, 2.75) is 29.9 Å². The van der Waals surface area contributed by atoms with Crippen LogP contribution in [0, 0.1) is 5.92 Å². The van der Waals surface area contributed by atoms with E-state index in [4.69, 9.17) is 5.11 Å². The van der Waals surface area contributed by atoms with Crippen LogP contribution in [-0.4, -0.2) is 28.1 Å². The molecule has 1 atom stereocenters. The Balaban J connectivity index is 1.57. The number of aromatic carboxylic acids is 1. The highest BCUT2D eigenvalue weighted by molar-refractivity contribution is 8.00. The lowest BCUT2D eigenvalue weighted by Gasteiger charge is -2.13. The van der Waals surface area contributed by atoms with Gasteiger partial charge in [0, 0.05) is 22.2 Å². The summed E-state index contributed by atoms with van der Waals surface area (Å²) in [5.74, 6) is -1.01. The molecule has 0 radical (unpaired) electrons. The second kappa shape index (κ2) is 8.26. The molecule has 27 heavy (non-hydrogen) atoms. The van der Waals surface area contributed by atoms with Crippen molar-refractivity contribution in [1.29, 1.82) is 0 Å². The predicted octanol–water partition coefficient (Wildman–Crippen LogP) is 3.85. The van der Waals surface area contributed by atoms with Gasteiger partial charge in [-0.25, -0.2) is 4.79 Å². The molecule has 1 saturated carbocycles. The summed E-state index contributed by atoms with van der Waals surface area (Å²) in [6, 6.07) is 13.4. The van der Waals surface area contributed by atoms with Gasteiger partial charge in [-0.2, -0.15) is 0 Å². The Morgan fingerprint density at radius 3 is 2.37 bits per heavy atom. The molecule has 7 heteroatoms. The molecule has 1 aliphatic rings. The lowest BCUT2D eigenvalue weighted by molar-refractivity contribution is -0.117. The first-order valence-electron chi connectivity index (χ1n) is 8.64. The molecule has 0 aromatic heterocycles. The fraction of sp³-hybridized carbons (Fsp3) is 0.250. The van der Waals surface area contributed by atoms with Gasteiger partial charge in [-0.05, 0) is 62.2 Å². The summed E-state index contributed by atoms with van der Waals surface area (Å²) in [7, 11) is 0. The van der Waals surface area contributed by atoms with Crippen LogP contribution in [0.4, 0.5) is 11.4 Å². The highest BCUT2D eigenvalue weighted by Crippen LogP contribution is 2.31. The number of carboxylic acids is 1. The minimum atomic E-state index is -1.01. The Morgan fingerprint density at radius 1 is 1.04 bits per heavy atom. The minimum Gasteiger partial charge on any atom is -0.478 e. The lowest BCUT2D eigenvalue weighted by Crippen LogP contribution is -2.22. The lowest BCUT2D eigenvalue weighted by atomic mass is 10.2. The molecule has 1 unspecified atom stereocenters. The van der Waals surface area contributed by atoms with Gasteiger partial charge in [-0.3, -0.25) is 9.59 Å². The number of thioether (sulfide) groups is 1. The number of nitrogens with one attached hydrogen (secondary N) is 2. The zero-order valence-electron chi connectivity index (χ0n) is 14.8. The molecule has 0 saturated heterocycles. The van der Waals surface area contributed by atoms with E-state index in [1.807, 2.05) is 24.3 Å². The second-order valence-corrected chi connectivity index (χ2v) is 7.84. The number of hydrogen-bond donors (Lipinski definition) is 3. The zero-order valence-corrected chi connectivity index (χ0v) is 15.6. The van der Waals surface area contributed by atoms with Crippen molar-refractivity contribution >= 4 is 40.9 Å². The van der Waals surface area contributed by atoms with Gasteiger partial charge in [-0.15, -0.1) is 11.8 Å². The average Bonchev–Trinajstić information content (AvgIpc) is 3.47. The molecule has 2 amide bonds. The van der Waals surface area contributed by atoms with Gasteiger partial charge >= 0.3 is 5.97 Å². The molecule has 140 valence electrons. The van der Waals surface area contributed by atoms with Crippen LogP contribution in [-0.2, 0) is 9.59 Å². The van der Waals surface area contributed by atoms with Crippen LogP contribution in [0.15, 0.2) is 53.4 Å². The van der Waals surface area contributed by atoms with Gasteiger partial charge in [0.25, 0.3) is 0 Å². The molecule has 2 aromatic carbocycles. The van der Waals surface area contributed by atoms with Crippen LogP contribution in [0.25, 0.3) is 0 Å². The summed E-state index contributed by atoms with van der Waals surface area (Å²) < 4.78 is 0. The summed E-state index contributed by atoms with van der Waals surface area (Å²) in [6.45, 7) is 1.79. The van der Waals surface area contributed by atoms with Gasteiger partial charge in [0.15, 0.2) is 0 Å². The molecule has 1 aliphatic carbocycles. The van der Waals surface area contributed by atoms with Crippen molar-refractivity contribution in [2.24, 2.45) is 5.92 Å². The number of benzene rings is 2. The van der Waals surface area contributed by atoms with E-state index in [1.54, 1.807) is 19.1 Å². The molecule has 0 aliphatic heterocycles. The van der Waals surface area contributed by atoms with Crippen molar-refractivity contribution in [2.75, 3.05) is 10.6 Å². The van der Waals surface area contributed by atoms with E-state index in [9.17, 15) is 14.4 Å². The quantitative estimate of drug-likeness (QED) is 0.630. The average molecular weight is 384 g/mol. The third-order valence-corrected chi connectivity index (χ3v) is 5.22. The largest absolute Gasteiger partial charge is 0.478 e. The van der Waals surface area contributed by atoms with Crippen LogP contribution >= 0.6 is 11.8 Å². The Kier molecular flexibility index (Phi) is 5.81. The van der Waals surface area contributed by atoms with Crippen molar-refractivity contribution in [1.82, 2.24) is 0 Å². The van der Waals surface area contributed by atoms with E-state index < -0.39 is 5.97 Å². The van der Waals surface area contributed by atoms with E-state index >= 15 is 0 Å². The fourth-order valence-corrected chi connectivity index (χ4v) is 3.36. The van der Waals surface area contributed by atoms with Crippen LogP contribution in [0.5, 0.6) is 0 Å². The second-order valence-electron chi connectivity index (χ2n) is 6.42. The third kappa shape index (κ3) is 5.34. The molecule has 1 fully saturated rings. The van der Waals surface area contributed by atoms with E-state index in [0.29, 0.717) is 5.69 Å². The maximum absolute atomic E-state index is 12.4. The van der Waals surface area contributed by atoms with E-state index in [2.05, 4.69) is 10.6 Å². The number of hydrogen-bond acceptors (Lipinski definition) is 4. The van der Waals surface area contributed by atoms with Crippen molar-refractivity contribution < 1.29 is 19.5 Å². The Bertz CT molecular complexity index is 863. The van der Waals surface area contributed by atoms with E-state index in [1.165, 1.54) is 23.9 Å². The number of amides is 2. The molecule has 0 heterocycles. The predicted molar refractivity (Wildman–Crippen MR) is 105 cm³/mol. The van der Waals surface area contributed by atoms with Crippen LogP contribution < -0.4 is 10.6 Å². The maximum Gasteiger partial charge on any atom is 0.335 e. The molecule has 0 bridgehead atoms. The van der Waals surface area contributed by atoms with Crippen molar-refractivity contribution in [3.63, 3.8) is 0 Å². The molecular formula is C20H20N2O4S. The monoisotopic (exact) mass is 384 g/mol. The zero-order chi connectivity index (χ0) is 19.4. The Labute approximate surface area is 161 Å². The van der Waals surface area contributed by atoms with Crippen molar-refractivity contribution in [3.05, 3.63) is 54.1 Å². The van der Waals surface area contributed by atoms with Crippen LogP contribution in [0.3, 0.4) is 0 Å². The topological polar surface area (TPSA) is 95.5 Å². The molecular weight excluding hydrogens is 364 g/mol. The minimum absolute atomic E-state index is 0.0488. The molecule has 3 N–H and O–H groups in total. The van der Waals surface area contributed by atoms with Gasteiger partial charge < -0.3 is 15.7 Å². The highest BCUT2D eigenvalue weighted by Gasteiger charge is 2.29. The fourth-order valence-electron chi connectivity index (χ4n) is 2.43. The van der Waals surface area contributed by atoms with E-state index in [0.717, 1.165) is 23.4 Å². The van der Waals surface area contributed by atoms with Gasteiger partial charge in [-0.1, -0.05) is 6.07 Å². The molecule has 3 rings (SSSR count). The maximum atomic E-state index is 12.4. The Morgan fingerprint density at radius 2 is 1.74 bits per heavy atom. The van der Waals surface area contributed by atoms with Crippen LogP contribution in [0.2, 0.25) is 0 Å². The number of carbonyl (C=O) groups excluding carboxylic acids is 2. The SMILES string of the molecule is CC(Sc1cccc(NC(=O)C2CC2)c1)C(=O)Nc1ccc(C(=O)O)cc1. The smallest absolute Gasteiger partial charge is 0.335 e. The first-order valence-corrected chi connectivity index (χ1v) is 9.52. The van der Waals surface area contributed by atoms with Gasteiger partial charge in [0.2, 0.25) is 11.8 Å². The number of carbonyl (C=O) groups is 3. The normalized spacial score (nSPS) is 14.3. The van der Waals surface area contributed by atoms with Gasteiger partial charge in [0.1, 0.15) is 0 Å². The third-order valence-electron chi connectivity index (χ3n) is 4.13. The number of carboxylic acid groups (broad SMARTS) is 1. The number of rotatable bonds is 7. The van der Waals surface area contributed by atoms with Crippen molar-refractivity contribution in [3.8, 4) is 0 Å². The summed E-state index contributed by atoms with van der Waals surface area (Å²) in [5, 5.41) is 14.2. The standard InChI is InChI=1S/C20H20N2O4S/c1-12(18(23)21-15-9-7-14(8-10-15)20(25)26)27-17-4-2-3-16(11-17)22-19(24)13-5-6-13/h2-4,7-13H,5-6H2,1H3,(H,21,23)(H,22,24)(H,25,26). The molecule has 0 spiro atoms. The summed E-state index contributed by atoms with van der Waals surface area (Å²) >= 11 is 1.39. The van der Waals surface area contributed by atoms with Gasteiger partial charge in [0.05, 0.1) is 10.8 Å². The molecule has 6 nitrogen and oxygen atoms in total. The highest BCUT2D eigenvalue weighted by atomic mass is 32.2.